The lowest BCUT2D eigenvalue weighted by molar-refractivity contribution is 0.283. The fraction of sp³-hybridized carbons (Fsp3) is 0.163. The molecule has 2 aliphatic rings. The van der Waals surface area contributed by atoms with E-state index in [1.165, 1.54) is 11.1 Å². The van der Waals surface area contributed by atoms with Crippen molar-refractivity contribution in [2.75, 3.05) is 23.3 Å². The third-order valence-electron chi connectivity index (χ3n) is 9.05. The van der Waals surface area contributed by atoms with Crippen LogP contribution < -0.4 is 28.7 Å². The van der Waals surface area contributed by atoms with Gasteiger partial charge in [-0.25, -0.2) is 0 Å². The molecule has 0 N–H and O–H groups in total. The molecule has 0 unspecified atom stereocenters. The molecule has 0 saturated heterocycles. The minimum absolute atomic E-state index is 0.519. The monoisotopic (exact) mass is 646 g/mol. The zero-order valence-corrected chi connectivity index (χ0v) is 27.3. The van der Waals surface area contributed by atoms with Gasteiger partial charge >= 0.3 is 0 Å². The van der Waals surface area contributed by atoms with Crippen LogP contribution in [0, 0.1) is 0 Å². The Balaban J connectivity index is 0.859. The molecule has 0 spiro atoms. The molecular weight excluding hydrogens is 608 g/mol. The second-order valence-corrected chi connectivity index (χ2v) is 12.5. The Morgan fingerprint density at radius 3 is 1.31 bits per heavy atom. The Hall–Kier alpha value is -5.88. The van der Waals surface area contributed by atoms with E-state index in [0.717, 1.165) is 76.1 Å². The van der Waals surface area contributed by atoms with Gasteiger partial charge in [0.05, 0.1) is 0 Å². The van der Waals surface area contributed by atoms with Gasteiger partial charge in [0.15, 0.2) is 13.5 Å². The lowest BCUT2D eigenvalue weighted by atomic mass is 10.0. The molecule has 244 valence electrons. The first-order valence-electron chi connectivity index (χ1n) is 16.7. The average molecular weight is 647 g/mol. The minimum Gasteiger partial charge on any atom is -0.489 e. The molecule has 2 heterocycles. The van der Waals surface area contributed by atoms with Crippen molar-refractivity contribution in [2.45, 2.75) is 32.7 Å². The highest BCUT2D eigenvalue weighted by atomic mass is 16.5. The van der Waals surface area contributed by atoms with E-state index in [9.17, 15) is 0 Å². The Labute approximate surface area is 287 Å². The lowest BCUT2D eigenvalue weighted by Crippen LogP contribution is -2.31. The highest BCUT2D eigenvalue weighted by molar-refractivity contribution is 5.54. The highest BCUT2D eigenvalue weighted by Gasteiger charge is 2.20. The number of nitrogens with zero attached hydrogens (tertiary/aromatic N) is 2. The van der Waals surface area contributed by atoms with Gasteiger partial charge in [-0.1, -0.05) is 84.9 Å². The van der Waals surface area contributed by atoms with Crippen LogP contribution in [0.1, 0.15) is 33.4 Å². The first-order valence-corrected chi connectivity index (χ1v) is 16.7. The number of hydrogen-bond donors (Lipinski definition) is 0. The lowest BCUT2D eigenvalue weighted by Gasteiger charge is -2.31. The van der Waals surface area contributed by atoms with Crippen molar-refractivity contribution in [2.24, 2.45) is 0 Å². The maximum Gasteiger partial charge on any atom is 0.161 e. The van der Waals surface area contributed by atoms with Crippen LogP contribution in [0.5, 0.6) is 23.0 Å². The predicted molar refractivity (Wildman–Crippen MR) is 193 cm³/mol. The van der Waals surface area contributed by atoms with E-state index in [4.69, 9.17) is 18.9 Å². The molecule has 0 radical (unpaired) electrons. The van der Waals surface area contributed by atoms with Crippen molar-refractivity contribution < 1.29 is 18.9 Å². The molecule has 0 bridgehead atoms. The van der Waals surface area contributed by atoms with Gasteiger partial charge in [0.2, 0.25) is 0 Å². The van der Waals surface area contributed by atoms with E-state index >= 15 is 0 Å². The molecular formula is C43H38N2O4. The van der Waals surface area contributed by atoms with Crippen LogP contribution >= 0.6 is 0 Å². The fourth-order valence-electron chi connectivity index (χ4n) is 6.32. The number of hydrogen-bond acceptors (Lipinski definition) is 6. The smallest absolute Gasteiger partial charge is 0.161 e. The van der Waals surface area contributed by atoms with E-state index in [0.29, 0.717) is 26.7 Å². The quantitative estimate of drug-likeness (QED) is 0.148. The summed E-state index contributed by atoms with van der Waals surface area (Å²) in [6, 6.07) is 50.2. The molecule has 6 aromatic rings. The minimum atomic E-state index is 0.519. The molecule has 49 heavy (non-hydrogen) atoms. The topological polar surface area (TPSA) is 43.4 Å². The van der Waals surface area contributed by atoms with Gasteiger partial charge in [0, 0.05) is 35.6 Å². The Kier molecular flexibility index (Phi) is 8.75. The molecule has 0 aromatic heterocycles. The maximum atomic E-state index is 6.10. The van der Waals surface area contributed by atoms with Crippen LogP contribution in [0.15, 0.2) is 146 Å². The van der Waals surface area contributed by atoms with E-state index in [2.05, 4.69) is 94.7 Å². The van der Waals surface area contributed by atoms with Crippen molar-refractivity contribution in [3.8, 4) is 23.0 Å². The van der Waals surface area contributed by atoms with Crippen LogP contribution in [0.25, 0.3) is 0 Å². The van der Waals surface area contributed by atoms with Crippen molar-refractivity contribution in [1.82, 2.24) is 0 Å². The number of rotatable bonds is 10. The molecule has 8 rings (SSSR count). The SMILES string of the molecule is c1ccc(COc2ccc3c(c2)CN(c2ccc(Cc4ccc(N5COc6ccc(OCc7ccccc7)cc6C5)cc4)cc2)CO3)cc1. The van der Waals surface area contributed by atoms with Crippen LogP contribution in [-0.2, 0) is 32.7 Å². The zero-order chi connectivity index (χ0) is 32.8. The first-order chi connectivity index (χ1) is 24.2. The Morgan fingerprint density at radius 2 is 0.878 bits per heavy atom. The molecule has 0 saturated carbocycles. The number of anilines is 2. The second kappa shape index (κ2) is 14.1. The normalized spacial score (nSPS) is 13.5. The fourth-order valence-corrected chi connectivity index (χ4v) is 6.32. The predicted octanol–water partition coefficient (Wildman–Crippen LogP) is 9.15. The van der Waals surface area contributed by atoms with Crippen molar-refractivity contribution in [1.29, 1.82) is 0 Å². The summed E-state index contributed by atoms with van der Waals surface area (Å²) in [5.41, 5.74) is 9.36. The summed E-state index contributed by atoms with van der Waals surface area (Å²) in [5, 5.41) is 0. The van der Waals surface area contributed by atoms with Gasteiger partial charge in [-0.05, 0) is 89.3 Å². The first kappa shape index (κ1) is 30.5. The molecule has 6 nitrogen and oxygen atoms in total. The molecule has 0 fully saturated rings. The van der Waals surface area contributed by atoms with E-state index in [1.54, 1.807) is 0 Å². The van der Waals surface area contributed by atoms with Crippen LogP contribution in [-0.4, -0.2) is 13.5 Å². The maximum absolute atomic E-state index is 6.10. The van der Waals surface area contributed by atoms with Gasteiger partial charge in [0.25, 0.3) is 0 Å². The summed E-state index contributed by atoms with van der Waals surface area (Å²) in [6.45, 7) is 3.66. The van der Waals surface area contributed by atoms with Crippen LogP contribution in [0.4, 0.5) is 11.4 Å². The summed E-state index contributed by atoms with van der Waals surface area (Å²) >= 11 is 0. The average Bonchev–Trinajstić information content (AvgIpc) is 3.17. The van der Waals surface area contributed by atoms with E-state index < -0.39 is 0 Å². The second-order valence-electron chi connectivity index (χ2n) is 12.5. The number of fused-ring (bicyclic) bond motifs is 2. The summed E-state index contributed by atoms with van der Waals surface area (Å²) in [7, 11) is 0. The van der Waals surface area contributed by atoms with Crippen molar-refractivity contribution in [3.05, 3.63) is 179 Å². The third kappa shape index (κ3) is 7.34. The van der Waals surface area contributed by atoms with Gasteiger partial charge in [0.1, 0.15) is 36.2 Å². The standard InChI is InChI=1S/C43H38N2O4/c1-3-7-34(8-4-1)28-46-40-19-21-42-36(24-40)26-44(30-48-42)38-15-11-32(12-16-38)23-33-13-17-39(18-14-33)45-27-37-25-41(20-22-43(37)49-31-45)47-29-35-9-5-2-6-10-35/h1-22,24-25H,23,26-31H2. The zero-order valence-electron chi connectivity index (χ0n) is 27.3. The number of benzene rings is 6. The summed E-state index contributed by atoms with van der Waals surface area (Å²) < 4.78 is 24.3. The molecule has 2 aliphatic heterocycles. The Morgan fingerprint density at radius 1 is 0.449 bits per heavy atom. The van der Waals surface area contributed by atoms with Crippen molar-refractivity contribution >= 4 is 11.4 Å². The van der Waals surface area contributed by atoms with Gasteiger partial charge < -0.3 is 28.7 Å². The molecule has 0 amide bonds. The summed E-state index contributed by atoms with van der Waals surface area (Å²) in [4.78, 5) is 4.50. The molecule has 0 aliphatic carbocycles. The molecule has 6 heteroatoms. The summed E-state index contributed by atoms with van der Waals surface area (Å²) in [5.74, 6) is 3.54. The van der Waals surface area contributed by atoms with E-state index in [-0.39, 0.29) is 0 Å². The number of ether oxygens (including phenoxy) is 4. The van der Waals surface area contributed by atoms with Gasteiger partial charge in [-0.3, -0.25) is 0 Å². The summed E-state index contributed by atoms with van der Waals surface area (Å²) in [6.07, 6.45) is 0.865. The van der Waals surface area contributed by atoms with E-state index in [1.807, 2.05) is 60.7 Å². The molecule has 6 aromatic carbocycles. The van der Waals surface area contributed by atoms with Gasteiger partial charge in [-0.2, -0.15) is 0 Å². The largest absolute Gasteiger partial charge is 0.489 e. The van der Waals surface area contributed by atoms with Crippen molar-refractivity contribution in [3.63, 3.8) is 0 Å². The third-order valence-corrected chi connectivity index (χ3v) is 9.05. The highest BCUT2D eigenvalue weighted by Crippen LogP contribution is 2.33. The Bertz CT molecular complexity index is 1850. The van der Waals surface area contributed by atoms with Gasteiger partial charge in [-0.15, -0.1) is 0 Å². The molecule has 0 atom stereocenters. The van der Waals surface area contributed by atoms with Crippen LogP contribution in [0.3, 0.4) is 0 Å². The van der Waals surface area contributed by atoms with Crippen LogP contribution in [0.2, 0.25) is 0 Å².